The number of hydrogen-bond acceptors (Lipinski definition) is 5. The smallest absolute Gasteiger partial charge is 0.311 e. The standard InChI is InChI=1S/C18H16Cl2N2O5/c19-13-4-1-5-14(20)17(13)21-15(23)10-27-18(25)11-7-16(24)22(8-11)9-12-3-2-6-26-12/h1-6,11H,7-10H2,(H,21,23)/t11-/m1/s1. The molecule has 1 N–H and O–H groups in total. The summed E-state index contributed by atoms with van der Waals surface area (Å²) in [5.74, 6) is -1.33. The van der Waals surface area contributed by atoms with Crippen LogP contribution in [0, 0.1) is 5.92 Å². The fraction of sp³-hybridized carbons (Fsp3) is 0.278. The molecule has 1 saturated heterocycles. The first kappa shape index (κ1) is 19.3. The molecule has 142 valence electrons. The number of nitrogens with zero attached hydrogens (tertiary/aromatic N) is 1. The molecule has 2 heterocycles. The number of halogens is 2. The van der Waals surface area contributed by atoms with Gasteiger partial charge in [-0.05, 0) is 24.3 Å². The summed E-state index contributed by atoms with van der Waals surface area (Å²) in [6, 6.07) is 8.28. The minimum Gasteiger partial charge on any atom is -0.467 e. The van der Waals surface area contributed by atoms with E-state index in [1.165, 1.54) is 11.2 Å². The van der Waals surface area contributed by atoms with Crippen LogP contribution in [0.5, 0.6) is 0 Å². The van der Waals surface area contributed by atoms with Crippen LogP contribution in [-0.2, 0) is 25.7 Å². The van der Waals surface area contributed by atoms with Crippen LogP contribution in [0.25, 0.3) is 0 Å². The van der Waals surface area contributed by atoms with Crippen molar-refractivity contribution in [3.05, 3.63) is 52.4 Å². The molecule has 1 fully saturated rings. The van der Waals surface area contributed by atoms with Gasteiger partial charge in [0, 0.05) is 13.0 Å². The number of carbonyl (C=O) groups is 3. The molecule has 7 nitrogen and oxygen atoms in total. The lowest BCUT2D eigenvalue weighted by atomic mass is 10.1. The Labute approximate surface area is 165 Å². The Morgan fingerprint density at radius 3 is 2.63 bits per heavy atom. The second-order valence-electron chi connectivity index (χ2n) is 6.01. The van der Waals surface area contributed by atoms with Crippen molar-refractivity contribution in [3.8, 4) is 0 Å². The summed E-state index contributed by atoms with van der Waals surface area (Å²) in [6.07, 6.45) is 1.56. The van der Waals surface area contributed by atoms with Gasteiger partial charge in [-0.3, -0.25) is 14.4 Å². The summed E-state index contributed by atoms with van der Waals surface area (Å²) in [6.45, 7) is 0.0146. The van der Waals surface area contributed by atoms with Crippen molar-refractivity contribution >= 4 is 46.7 Å². The van der Waals surface area contributed by atoms with E-state index in [4.69, 9.17) is 32.4 Å². The van der Waals surface area contributed by atoms with E-state index in [1.54, 1.807) is 30.3 Å². The van der Waals surface area contributed by atoms with Crippen LogP contribution in [0.2, 0.25) is 10.0 Å². The van der Waals surface area contributed by atoms with Crippen LogP contribution in [0.1, 0.15) is 12.2 Å². The van der Waals surface area contributed by atoms with Gasteiger partial charge in [0.1, 0.15) is 5.76 Å². The Kier molecular flexibility index (Phi) is 6.03. The van der Waals surface area contributed by atoms with E-state index in [-0.39, 0.29) is 34.6 Å². The predicted molar refractivity (Wildman–Crippen MR) is 98.3 cm³/mol. The van der Waals surface area contributed by atoms with Crippen molar-refractivity contribution in [2.45, 2.75) is 13.0 Å². The molecule has 2 aromatic rings. The van der Waals surface area contributed by atoms with Gasteiger partial charge in [0.25, 0.3) is 5.91 Å². The Bertz CT molecular complexity index is 833. The summed E-state index contributed by atoms with van der Waals surface area (Å²) < 4.78 is 10.2. The third kappa shape index (κ3) is 4.81. The van der Waals surface area contributed by atoms with Crippen LogP contribution in [0.4, 0.5) is 5.69 Å². The van der Waals surface area contributed by atoms with E-state index in [0.717, 1.165) is 0 Å². The minimum absolute atomic E-state index is 0.0392. The number of hydrogen-bond donors (Lipinski definition) is 1. The maximum absolute atomic E-state index is 12.2. The largest absolute Gasteiger partial charge is 0.467 e. The van der Waals surface area contributed by atoms with E-state index >= 15 is 0 Å². The zero-order valence-corrected chi connectivity index (χ0v) is 15.6. The highest BCUT2D eigenvalue weighted by Gasteiger charge is 2.35. The fourth-order valence-electron chi connectivity index (χ4n) is 2.72. The molecule has 0 spiro atoms. The van der Waals surface area contributed by atoms with Crippen molar-refractivity contribution in [1.29, 1.82) is 0 Å². The van der Waals surface area contributed by atoms with Gasteiger partial charge in [0.15, 0.2) is 6.61 Å². The van der Waals surface area contributed by atoms with Crippen molar-refractivity contribution < 1.29 is 23.5 Å². The number of para-hydroxylation sites is 1. The van der Waals surface area contributed by atoms with Crippen LogP contribution < -0.4 is 5.32 Å². The number of furan rings is 1. The van der Waals surface area contributed by atoms with E-state index in [0.29, 0.717) is 12.3 Å². The number of benzene rings is 1. The van der Waals surface area contributed by atoms with E-state index in [9.17, 15) is 14.4 Å². The SMILES string of the molecule is O=C(COC(=O)[C@@H]1CC(=O)N(Cc2ccco2)C1)Nc1c(Cl)cccc1Cl. The molecule has 0 unspecified atom stereocenters. The average molecular weight is 411 g/mol. The zero-order chi connectivity index (χ0) is 19.4. The second-order valence-corrected chi connectivity index (χ2v) is 6.82. The summed E-state index contributed by atoms with van der Waals surface area (Å²) in [4.78, 5) is 37.7. The molecule has 9 heteroatoms. The lowest BCUT2D eigenvalue weighted by Crippen LogP contribution is -2.28. The molecular weight excluding hydrogens is 395 g/mol. The van der Waals surface area contributed by atoms with Gasteiger partial charge in [-0.15, -0.1) is 0 Å². The van der Waals surface area contributed by atoms with Gasteiger partial charge in [-0.25, -0.2) is 0 Å². The molecule has 27 heavy (non-hydrogen) atoms. The molecule has 0 bridgehead atoms. The van der Waals surface area contributed by atoms with E-state index in [1.807, 2.05) is 0 Å². The molecular formula is C18H16Cl2N2O5. The average Bonchev–Trinajstić information content (AvgIpc) is 3.27. The minimum atomic E-state index is -0.621. The summed E-state index contributed by atoms with van der Waals surface area (Å²) in [7, 11) is 0. The van der Waals surface area contributed by atoms with Crippen LogP contribution >= 0.6 is 23.2 Å². The van der Waals surface area contributed by atoms with Gasteiger partial charge < -0.3 is 19.4 Å². The Balaban J connectivity index is 1.49. The van der Waals surface area contributed by atoms with Gasteiger partial charge in [0.05, 0.1) is 34.5 Å². The molecule has 1 aliphatic rings. The first-order chi connectivity index (χ1) is 12.9. The third-order valence-electron chi connectivity index (χ3n) is 4.05. The monoisotopic (exact) mass is 410 g/mol. The number of ether oxygens (including phenoxy) is 1. The molecule has 1 aliphatic heterocycles. The van der Waals surface area contributed by atoms with Crippen molar-refractivity contribution in [1.82, 2.24) is 4.90 Å². The third-order valence-corrected chi connectivity index (χ3v) is 4.68. The quantitative estimate of drug-likeness (QED) is 0.738. The summed E-state index contributed by atoms with van der Waals surface area (Å²) >= 11 is 11.9. The van der Waals surface area contributed by atoms with Crippen LogP contribution in [-0.4, -0.2) is 35.8 Å². The molecule has 1 aromatic heterocycles. The Morgan fingerprint density at radius 2 is 1.96 bits per heavy atom. The highest BCUT2D eigenvalue weighted by Crippen LogP contribution is 2.29. The number of amides is 2. The van der Waals surface area contributed by atoms with Crippen LogP contribution in [0.15, 0.2) is 41.0 Å². The normalized spacial score (nSPS) is 16.4. The van der Waals surface area contributed by atoms with Crippen LogP contribution in [0.3, 0.4) is 0 Å². The second kappa shape index (κ2) is 8.45. The van der Waals surface area contributed by atoms with E-state index < -0.39 is 24.4 Å². The summed E-state index contributed by atoms with van der Waals surface area (Å²) in [5, 5.41) is 3.05. The first-order valence-electron chi connectivity index (χ1n) is 8.14. The van der Waals surface area contributed by atoms with Gasteiger partial charge in [0.2, 0.25) is 5.91 Å². The maximum Gasteiger partial charge on any atom is 0.311 e. The zero-order valence-electron chi connectivity index (χ0n) is 14.1. The molecule has 0 radical (unpaired) electrons. The molecule has 2 amide bonds. The fourth-order valence-corrected chi connectivity index (χ4v) is 3.21. The molecule has 3 rings (SSSR count). The molecule has 0 saturated carbocycles. The number of anilines is 1. The highest BCUT2D eigenvalue weighted by atomic mass is 35.5. The molecule has 1 atom stereocenters. The Morgan fingerprint density at radius 1 is 1.22 bits per heavy atom. The van der Waals surface area contributed by atoms with Crippen molar-refractivity contribution in [2.75, 3.05) is 18.5 Å². The number of likely N-dealkylation sites (tertiary alicyclic amines) is 1. The first-order valence-corrected chi connectivity index (χ1v) is 8.90. The number of nitrogens with one attached hydrogen (secondary N) is 1. The Hall–Kier alpha value is -2.51. The number of esters is 1. The lowest BCUT2D eigenvalue weighted by molar-refractivity contribution is -0.151. The highest BCUT2D eigenvalue weighted by molar-refractivity contribution is 6.39. The molecule has 1 aromatic carbocycles. The lowest BCUT2D eigenvalue weighted by Gasteiger charge is -2.15. The molecule has 0 aliphatic carbocycles. The number of carbonyl (C=O) groups excluding carboxylic acids is 3. The summed E-state index contributed by atoms with van der Waals surface area (Å²) in [5.41, 5.74) is 0.252. The number of rotatable bonds is 6. The topological polar surface area (TPSA) is 88.9 Å². The predicted octanol–water partition coefficient (Wildman–Crippen LogP) is 3.12. The van der Waals surface area contributed by atoms with Crippen molar-refractivity contribution in [3.63, 3.8) is 0 Å². The van der Waals surface area contributed by atoms with E-state index in [2.05, 4.69) is 5.32 Å². The maximum atomic E-state index is 12.2. The van der Waals surface area contributed by atoms with Crippen molar-refractivity contribution in [2.24, 2.45) is 5.92 Å². The van der Waals surface area contributed by atoms with Gasteiger partial charge in [-0.1, -0.05) is 29.3 Å². The van der Waals surface area contributed by atoms with Gasteiger partial charge >= 0.3 is 5.97 Å². The van der Waals surface area contributed by atoms with Gasteiger partial charge in [-0.2, -0.15) is 0 Å².